The van der Waals surface area contributed by atoms with Gasteiger partial charge in [-0.3, -0.25) is 9.59 Å². The monoisotopic (exact) mass is 389 g/mol. The molecule has 1 fully saturated rings. The zero-order valence-electron chi connectivity index (χ0n) is 16.1. The first-order chi connectivity index (χ1) is 13.6. The summed E-state index contributed by atoms with van der Waals surface area (Å²) in [6.07, 6.45) is 6.61. The Labute approximate surface area is 164 Å². The molecule has 1 atom stereocenters. The van der Waals surface area contributed by atoms with Crippen LogP contribution in [0.4, 0.5) is 0 Å². The first kappa shape index (κ1) is 20.0. The second kappa shape index (κ2) is 9.43. The maximum absolute atomic E-state index is 12.5. The zero-order valence-corrected chi connectivity index (χ0v) is 16.1. The molecule has 152 valence electrons. The largest absolute Gasteiger partial charge is 0.493 e. The van der Waals surface area contributed by atoms with E-state index in [0.29, 0.717) is 23.6 Å². The number of methoxy groups -OCH3 is 1. The molecule has 8 heteroatoms. The summed E-state index contributed by atoms with van der Waals surface area (Å²) >= 11 is 0. The van der Waals surface area contributed by atoms with Crippen LogP contribution in [-0.4, -0.2) is 43.4 Å². The number of amides is 2. The summed E-state index contributed by atoms with van der Waals surface area (Å²) in [6.45, 7) is -0.233. The van der Waals surface area contributed by atoms with Crippen molar-refractivity contribution >= 4 is 17.5 Å². The second-order valence-corrected chi connectivity index (χ2v) is 7.15. The smallest absolute Gasteiger partial charge is 0.264 e. The Morgan fingerprint density at radius 1 is 1.21 bits per heavy atom. The van der Waals surface area contributed by atoms with Crippen molar-refractivity contribution in [3.63, 3.8) is 0 Å². The Balaban J connectivity index is 1.59. The molecule has 1 unspecified atom stereocenters. The van der Waals surface area contributed by atoms with Gasteiger partial charge in [0, 0.05) is 18.0 Å². The molecule has 28 heavy (non-hydrogen) atoms. The number of oxime groups is 1. The van der Waals surface area contributed by atoms with E-state index in [-0.39, 0.29) is 18.6 Å². The van der Waals surface area contributed by atoms with Crippen molar-refractivity contribution in [2.75, 3.05) is 13.7 Å². The average molecular weight is 389 g/mol. The maximum Gasteiger partial charge on any atom is 0.264 e. The van der Waals surface area contributed by atoms with Gasteiger partial charge in [0.15, 0.2) is 18.1 Å². The van der Waals surface area contributed by atoms with Crippen molar-refractivity contribution in [2.24, 2.45) is 10.9 Å². The van der Waals surface area contributed by atoms with E-state index in [4.69, 9.17) is 20.0 Å². The number of hydrogen-bond donors (Lipinski definition) is 2. The average Bonchev–Trinajstić information content (AvgIpc) is 3.05. The first-order valence-corrected chi connectivity index (χ1v) is 9.69. The fourth-order valence-electron chi connectivity index (χ4n) is 3.52. The minimum Gasteiger partial charge on any atom is -0.493 e. The lowest BCUT2D eigenvalue weighted by atomic mass is 10.0. The fourth-order valence-corrected chi connectivity index (χ4v) is 3.52. The van der Waals surface area contributed by atoms with Gasteiger partial charge in [0.1, 0.15) is 0 Å². The molecule has 2 aliphatic rings. The van der Waals surface area contributed by atoms with Crippen LogP contribution in [-0.2, 0) is 14.4 Å². The molecule has 0 radical (unpaired) electrons. The topological polar surface area (TPSA) is 112 Å². The Kier molecular flexibility index (Phi) is 6.73. The predicted octanol–water partition coefficient (Wildman–Crippen LogP) is 1.89. The van der Waals surface area contributed by atoms with E-state index in [1.165, 1.54) is 20.0 Å². The molecule has 1 aliphatic heterocycles. The number of nitrogens with one attached hydrogen (secondary N) is 1. The fraction of sp³-hybridized carbons (Fsp3) is 0.550. The van der Waals surface area contributed by atoms with Crippen LogP contribution in [0.15, 0.2) is 23.4 Å². The van der Waals surface area contributed by atoms with E-state index in [0.717, 1.165) is 31.2 Å². The molecular formula is C20H27N3O5. The van der Waals surface area contributed by atoms with E-state index < -0.39 is 12.0 Å². The van der Waals surface area contributed by atoms with Gasteiger partial charge in [0.25, 0.3) is 11.8 Å². The van der Waals surface area contributed by atoms with Crippen LogP contribution in [0.1, 0.15) is 50.5 Å². The Hall–Kier alpha value is -2.77. The van der Waals surface area contributed by atoms with Gasteiger partial charge in [0.2, 0.25) is 6.10 Å². The van der Waals surface area contributed by atoms with Crippen LogP contribution < -0.4 is 20.5 Å². The highest BCUT2D eigenvalue weighted by atomic mass is 16.6. The van der Waals surface area contributed by atoms with Gasteiger partial charge in [-0.2, -0.15) is 0 Å². The highest BCUT2D eigenvalue weighted by molar-refractivity contribution is 6.04. The van der Waals surface area contributed by atoms with Gasteiger partial charge in [-0.05, 0) is 31.0 Å². The van der Waals surface area contributed by atoms with Crippen LogP contribution in [0.25, 0.3) is 0 Å². The van der Waals surface area contributed by atoms with Crippen LogP contribution in [0, 0.1) is 0 Å². The maximum atomic E-state index is 12.5. The number of primary amides is 1. The van der Waals surface area contributed by atoms with Gasteiger partial charge in [-0.25, -0.2) is 0 Å². The van der Waals surface area contributed by atoms with Crippen molar-refractivity contribution in [3.8, 4) is 11.5 Å². The van der Waals surface area contributed by atoms with Gasteiger partial charge in [-0.15, -0.1) is 0 Å². The van der Waals surface area contributed by atoms with Crippen LogP contribution in [0.5, 0.6) is 11.5 Å². The summed E-state index contributed by atoms with van der Waals surface area (Å²) < 4.78 is 10.6. The number of carbonyl (C=O) groups is 2. The van der Waals surface area contributed by atoms with Crippen LogP contribution >= 0.6 is 0 Å². The lowest BCUT2D eigenvalue weighted by Crippen LogP contribution is -2.41. The molecule has 3 rings (SSSR count). The summed E-state index contributed by atoms with van der Waals surface area (Å²) in [5.74, 6) is 0.182. The first-order valence-electron chi connectivity index (χ1n) is 9.69. The molecule has 8 nitrogen and oxygen atoms in total. The molecule has 3 N–H and O–H groups in total. The number of nitrogens with zero attached hydrogens (tertiary/aromatic N) is 1. The number of benzene rings is 1. The SMILES string of the molecule is COc1cc(C2=NOC(C(=O)NC3CCCCCC3)C2)ccc1OCC(N)=O. The van der Waals surface area contributed by atoms with E-state index in [1.54, 1.807) is 18.2 Å². The zero-order chi connectivity index (χ0) is 19.9. The molecule has 1 saturated carbocycles. The summed E-state index contributed by atoms with van der Waals surface area (Å²) in [5, 5.41) is 7.19. The third kappa shape index (κ3) is 5.15. The molecule has 0 saturated heterocycles. The summed E-state index contributed by atoms with van der Waals surface area (Å²) in [5.41, 5.74) is 6.54. The minimum atomic E-state index is -0.616. The summed E-state index contributed by atoms with van der Waals surface area (Å²) in [4.78, 5) is 28.8. The molecule has 2 amide bonds. The molecule has 0 spiro atoms. The quantitative estimate of drug-likeness (QED) is 0.692. The van der Waals surface area contributed by atoms with E-state index in [9.17, 15) is 9.59 Å². The molecule has 1 aliphatic carbocycles. The van der Waals surface area contributed by atoms with Crippen molar-refractivity contribution in [3.05, 3.63) is 23.8 Å². The van der Waals surface area contributed by atoms with Crippen molar-refractivity contribution in [1.82, 2.24) is 5.32 Å². The normalized spacial score (nSPS) is 19.9. The molecule has 0 aromatic heterocycles. The Morgan fingerprint density at radius 3 is 2.64 bits per heavy atom. The third-order valence-corrected chi connectivity index (χ3v) is 5.03. The molecule has 1 aromatic rings. The number of rotatable bonds is 7. The van der Waals surface area contributed by atoms with Gasteiger partial charge in [-0.1, -0.05) is 30.8 Å². The highest BCUT2D eigenvalue weighted by Gasteiger charge is 2.30. The van der Waals surface area contributed by atoms with Crippen molar-refractivity contribution in [1.29, 1.82) is 0 Å². The van der Waals surface area contributed by atoms with Crippen molar-refractivity contribution in [2.45, 2.75) is 57.1 Å². The minimum absolute atomic E-state index is 0.112. The van der Waals surface area contributed by atoms with Gasteiger partial charge < -0.3 is 25.4 Å². The van der Waals surface area contributed by atoms with Gasteiger partial charge >= 0.3 is 0 Å². The molecule has 0 bridgehead atoms. The summed E-state index contributed by atoms with van der Waals surface area (Å²) in [7, 11) is 1.51. The Morgan fingerprint density at radius 2 is 1.96 bits per heavy atom. The molecule has 1 heterocycles. The van der Waals surface area contributed by atoms with E-state index >= 15 is 0 Å². The lowest BCUT2D eigenvalue weighted by Gasteiger charge is -2.18. The highest BCUT2D eigenvalue weighted by Crippen LogP contribution is 2.30. The second-order valence-electron chi connectivity index (χ2n) is 7.15. The standard InChI is InChI=1S/C20H27N3O5/c1-26-17-10-13(8-9-16(17)27-12-19(21)24)15-11-18(28-23-15)20(25)22-14-6-4-2-3-5-7-14/h8-10,14,18H,2-7,11-12H2,1H3,(H2,21,24)(H,22,25). The van der Waals surface area contributed by atoms with Gasteiger partial charge in [0.05, 0.1) is 12.8 Å². The van der Waals surface area contributed by atoms with Crippen LogP contribution in [0.3, 0.4) is 0 Å². The van der Waals surface area contributed by atoms with Crippen molar-refractivity contribution < 1.29 is 23.9 Å². The van der Waals surface area contributed by atoms with E-state index in [2.05, 4.69) is 10.5 Å². The lowest BCUT2D eigenvalue weighted by molar-refractivity contribution is -0.132. The molecular weight excluding hydrogens is 362 g/mol. The third-order valence-electron chi connectivity index (χ3n) is 5.03. The van der Waals surface area contributed by atoms with E-state index in [1.807, 2.05) is 0 Å². The number of nitrogens with two attached hydrogens (primary N) is 1. The number of ether oxygens (including phenoxy) is 2. The Bertz CT molecular complexity index is 741. The predicted molar refractivity (Wildman–Crippen MR) is 103 cm³/mol. The number of hydrogen-bond acceptors (Lipinski definition) is 6. The summed E-state index contributed by atoms with van der Waals surface area (Å²) in [6, 6.07) is 5.43. The van der Waals surface area contributed by atoms with Crippen LogP contribution in [0.2, 0.25) is 0 Å². The molecule has 1 aromatic carbocycles. The number of carbonyl (C=O) groups excluding carboxylic acids is 2.